The molecule has 1 fully saturated rings. The van der Waals surface area contributed by atoms with Crippen molar-refractivity contribution in [1.29, 1.82) is 0 Å². The first kappa shape index (κ1) is 19.4. The molecular weight excluding hydrogens is 406 g/mol. The van der Waals surface area contributed by atoms with Gasteiger partial charge in [0, 0.05) is 35.4 Å². The van der Waals surface area contributed by atoms with E-state index in [4.69, 9.17) is 0 Å². The zero-order chi connectivity index (χ0) is 19.2. The zero-order valence-corrected chi connectivity index (χ0v) is 17.0. The molecule has 2 amide bonds. The molecule has 1 saturated heterocycles. The average molecular weight is 430 g/mol. The molecule has 0 unspecified atom stereocenters. The minimum absolute atomic E-state index is 0.0745. The lowest BCUT2D eigenvalue weighted by atomic mass is 10.1. The van der Waals surface area contributed by atoms with Crippen molar-refractivity contribution in [3.63, 3.8) is 0 Å². The van der Waals surface area contributed by atoms with Crippen LogP contribution in [0.25, 0.3) is 0 Å². The van der Waals surface area contributed by atoms with Gasteiger partial charge in [-0.05, 0) is 61.2 Å². The molecule has 1 aliphatic rings. The summed E-state index contributed by atoms with van der Waals surface area (Å²) >= 11 is 3.43. The van der Waals surface area contributed by atoms with Crippen molar-refractivity contribution in [2.24, 2.45) is 0 Å². The molecule has 142 valence electrons. The van der Waals surface area contributed by atoms with E-state index in [9.17, 15) is 9.59 Å². The third-order valence-corrected chi connectivity index (χ3v) is 5.20. The maximum absolute atomic E-state index is 12.3. The summed E-state index contributed by atoms with van der Waals surface area (Å²) in [5.74, 6) is 0.0201. The van der Waals surface area contributed by atoms with Crippen molar-refractivity contribution in [3.05, 3.63) is 63.6 Å². The summed E-state index contributed by atoms with van der Waals surface area (Å²) in [7, 11) is 0. The average Bonchev–Trinajstić information content (AvgIpc) is 3.20. The number of nitrogens with zero attached hydrogens (tertiary/aromatic N) is 1. The van der Waals surface area contributed by atoms with Crippen LogP contribution in [0.4, 0.5) is 5.69 Å². The smallest absolute Gasteiger partial charge is 0.253 e. The molecule has 6 heteroatoms. The molecule has 27 heavy (non-hydrogen) atoms. The molecule has 3 rings (SSSR count). The van der Waals surface area contributed by atoms with Gasteiger partial charge < -0.3 is 15.5 Å². The molecule has 2 aromatic carbocycles. The van der Waals surface area contributed by atoms with Crippen molar-refractivity contribution >= 4 is 33.4 Å². The number of amides is 2. The summed E-state index contributed by atoms with van der Waals surface area (Å²) < 4.78 is 1.02. The summed E-state index contributed by atoms with van der Waals surface area (Å²) in [5.41, 5.74) is 3.70. The van der Waals surface area contributed by atoms with E-state index in [0.29, 0.717) is 12.1 Å². The second-order valence-electron chi connectivity index (χ2n) is 6.79. The fourth-order valence-corrected chi connectivity index (χ4v) is 3.61. The van der Waals surface area contributed by atoms with Crippen LogP contribution < -0.4 is 10.6 Å². The molecule has 1 heterocycles. The lowest BCUT2D eigenvalue weighted by molar-refractivity contribution is -0.119. The Balaban J connectivity index is 1.46. The van der Waals surface area contributed by atoms with E-state index in [1.165, 1.54) is 0 Å². The van der Waals surface area contributed by atoms with E-state index in [1.54, 1.807) is 0 Å². The third-order valence-electron chi connectivity index (χ3n) is 4.71. The second-order valence-corrected chi connectivity index (χ2v) is 7.70. The standard InChI is InChI=1S/C21H24BrN3O2/c1-15-12-18(22)8-9-19(15)23-14-20(26)24-13-16-4-6-17(7-5-16)21(27)25-10-2-3-11-25/h4-9,12,23H,2-3,10-11,13-14H2,1H3,(H,24,26). The molecule has 0 spiro atoms. The van der Waals surface area contributed by atoms with Gasteiger partial charge in [-0.1, -0.05) is 28.1 Å². The summed E-state index contributed by atoms with van der Waals surface area (Å²) in [6.07, 6.45) is 2.17. The Labute approximate surface area is 168 Å². The van der Waals surface area contributed by atoms with Gasteiger partial charge in [0.25, 0.3) is 5.91 Å². The van der Waals surface area contributed by atoms with Crippen LogP contribution >= 0.6 is 15.9 Å². The van der Waals surface area contributed by atoms with Crippen LogP contribution in [0.3, 0.4) is 0 Å². The number of likely N-dealkylation sites (tertiary alicyclic amines) is 1. The van der Waals surface area contributed by atoms with Gasteiger partial charge in [-0.25, -0.2) is 0 Å². The number of benzene rings is 2. The fraction of sp³-hybridized carbons (Fsp3) is 0.333. The van der Waals surface area contributed by atoms with Gasteiger partial charge in [0.15, 0.2) is 0 Å². The predicted octanol–water partition coefficient (Wildman–Crippen LogP) is 3.72. The Bertz CT molecular complexity index is 815. The normalized spacial score (nSPS) is 13.5. The Morgan fingerprint density at radius 1 is 1.07 bits per heavy atom. The van der Waals surface area contributed by atoms with Crippen molar-refractivity contribution < 1.29 is 9.59 Å². The maximum Gasteiger partial charge on any atom is 0.253 e. The quantitative estimate of drug-likeness (QED) is 0.735. The number of halogens is 1. The van der Waals surface area contributed by atoms with E-state index in [0.717, 1.165) is 47.2 Å². The van der Waals surface area contributed by atoms with E-state index in [1.807, 2.05) is 54.3 Å². The SMILES string of the molecule is Cc1cc(Br)ccc1NCC(=O)NCc1ccc(C(=O)N2CCCC2)cc1. The number of carbonyl (C=O) groups excluding carboxylic acids is 2. The van der Waals surface area contributed by atoms with E-state index < -0.39 is 0 Å². The largest absolute Gasteiger partial charge is 0.376 e. The summed E-state index contributed by atoms with van der Waals surface area (Å²) in [6, 6.07) is 13.4. The summed E-state index contributed by atoms with van der Waals surface area (Å²) in [4.78, 5) is 26.3. The fourth-order valence-electron chi connectivity index (χ4n) is 3.13. The van der Waals surface area contributed by atoms with Gasteiger partial charge in [0.1, 0.15) is 0 Å². The third kappa shape index (κ3) is 5.32. The highest BCUT2D eigenvalue weighted by Crippen LogP contribution is 2.19. The monoisotopic (exact) mass is 429 g/mol. The first-order valence-corrected chi connectivity index (χ1v) is 9.97. The Hall–Kier alpha value is -2.34. The predicted molar refractivity (Wildman–Crippen MR) is 111 cm³/mol. The number of carbonyl (C=O) groups is 2. The van der Waals surface area contributed by atoms with Gasteiger partial charge in [0.05, 0.1) is 6.54 Å². The Kier molecular flexibility index (Phi) is 6.50. The number of anilines is 1. The second kappa shape index (κ2) is 9.04. The number of hydrogen-bond donors (Lipinski definition) is 2. The van der Waals surface area contributed by atoms with Crippen LogP contribution in [-0.2, 0) is 11.3 Å². The van der Waals surface area contributed by atoms with Crippen LogP contribution in [0, 0.1) is 6.92 Å². The van der Waals surface area contributed by atoms with E-state index in [-0.39, 0.29) is 18.4 Å². The minimum atomic E-state index is -0.0745. The van der Waals surface area contributed by atoms with E-state index >= 15 is 0 Å². The molecule has 2 N–H and O–H groups in total. The lowest BCUT2D eigenvalue weighted by Gasteiger charge is -2.15. The molecule has 0 radical (unpaired) electrons. The van der Waals surface area contributed by atoms with Crippen molar-refractivity contribution in [3.8, 4) is 0 Å². The number of rotatable bonds is 6. The van der Waals surface area contributed by atoms with Gasteiger partial charge in [-0.2, -0.15) is 0 Å². The summed E-state index contributed by atoms with van der Waals surface area (Å²) in [5, 5.41) is 6.05. The number of hydrogen-bond acceptors (Lipinski definition) is 3. The highest BCUT2D eigenvalue weighted by molar-refractivity contribution is 9.10. The molecule has 0 aliphatic carbocycles. The van der Waals surface area contributed by atoms with Gasteiger partial charge >= 0.3 is 0 Å². The molecule has 0 atom stereocenters. The highest BCUT2D eigenvalue weighted by Gasteiger charge is 2.19. The van der Waals surface area contributed by atoms with Crippen LogP contribution in [0.1, 0.15) is 34.3 Å². The van der Waals surface area contributed by atoms with Crippen LogP contribution in [0.15, 0.2) is 46.9 Å². The van der Waals surface area contributed by atoms with Crippen LogP contribution in [0.5, 0.6) is 0 Å². The van der Waals surface area contributed by atoms with Crippen molar-refractivity contribution in [2.75, 3.05) is 25.0 Å². The van der Waals surface area contributed by atoms with Crippen LogP contribution in [0.2, 0.25) is 0 Å². The maximum atomic E-state index is 12.3. The molecule has 5 nitrogen and oxygen atoms in total. The zero-order valence-electron chi connectivity index (χ0n) is 15.4. The van der Waals surface area contributed by atoms with Gasteiger partial charge in [-0.3, -0.25) is 9.59 Å². The molecule has 0 saturated carbocycles. The number of aryl methyl sites for hydroxylation is 1. The highest BCUT2D eigenvalue weighted by atomic mass is 79.9. The van der Waals surface area contributed by atoms with E-state index in [2.05, 4.69) is 26.6 Å². The van der Waals surface area contributed by atoms with Crippen molar-refractivity contribution in [2.45, 2.75) is 26.3 Å². The first-order valence-electron chi connectivity index (χ1n) is 9.18. The minimum Gasteiger partial charge on any atom is -0.376 e. The molecule has 2 aromatic rings. The lowest BCUT2D eigenvalue weighted by Crippen LogP contribution is -2.29. The molecule has 1 aliphatic heterocycles. The summed E-state index contributed by atoms with van der Waals surface area (Å²) in [6.45, 7) is 4.35. The first-order chi connectivity index (χ1) is 13.0. The molecule has 0 aromatic heterocycles. The molecular formula is C21H24BrN3O2. The van der Waals surface area contributed by atoms with Gasteiger partial charge in [0.2, 0.25) is 5.91 Å². The Morgan fingerprint density at radius 2 is 1.78 bits per heavy atom. The van der Waals surface area contributed by atoms with Gasteiger partial charge in [-0.15, -0.1) is 0 Å². The number of nitrogens with one attached hydrogen (secondary N) is 2. The van der Waals surface area contributed by atoms with Crippen LogP contribution in [-0.4, -0.2) is 36.3 Å². The van der Waals surface area contributed by atoms with Crippen molar-refractivity contribution in [1.82, 2.24) is 10.2 Å². The topological polar surface area (TPSA) is 61.4 Å². The molecule has 0 bridgehead atoms. The Morgan fingerprint density at radius 3 is 2.44 bits per heavy atom.